The summed E-state index contributed by atoms with van der Waals surface area (Å²) in [6.45, 7) is 2.99. The number of hydrogen-bond acceptors (Lipinski definition) is 3. The van der Waals surface area contributed by atoms with Crippen LogP contribution in [0, 0.1) is 0 Å². The van der Waals surface area contributed by atoms with Gasteiger partial charge in [-0.2, -0.15) is 0 Å². The van der Waals surface area contributed by atoms with Crippen molar-refractivity contribution in [2.45, 2.75) is 31.3 Å². The zero-order valence-electron chi connectivity index (χ0n) is 12.2. The molecule has 1 aromatic heterocycles. The van der Waals surface area contributed by atoms with Crippen LogP contribution < -0.4 is 5.73 Å². The Morgan fingerprint density at radius 3 is 2.35 bits per heavy atom. The van der Waals surface area contributed by atoms with E-state index in [1.807, 2.05) is 11.3 Å². The lowest BCUT2D eigenvalue weighted by Crippen LogP contribution is -2.53. The molecule has 0 radical (unpaired) electrons. The van der Waals surface area contributed by atoms with Gasteiger partial charge in [-0.15, -0.1) is 11.3 Å². The Morgan fingerprint density at radius 1 is 1.20 bits per heavy atom. The molecular formula is C17H22N2S. The van der Waals surface area contributed by atoms with Crippen molar-refractivity contribution in [3.63, 3.8) is 0 Å². The molecule has 1 unspecified atom stereocenters. The Bertz CT molecular complexity index is 551. The van der Waals surface area contributed by atoms with E-state index < -0.39 is 0 Å². The van der Waals surface area contributed by atoms with Crippen molar-refractivity contribution in [1.82, 2.24) is 4.90 Å². The number of fused-ring (bicyclic) bond motifs is 1. The van der Waals surface area contributed by atoms with Crippen LogP contribution in [0.3, 0.4) is 0 Å². The number of likely N-dealkylation sites (N-methyl/N-ethyl adjacent to an activating group) is 1. The Kier molecular flexibility index (Phi) is 3.67. The largest absolute Gasteiger partial charge is 0.329 e. The van der Waals surface area contributed by atoms with E-state index in [0.29, 0.717) is 12.6 Å². The smallest absolute Gasteiger partial charge is 0.0416 e. The van der Waals surface area contributed by atoms with Gasteiger partial charge in [0, 0.05) is 23.0 Å². The highest BCUT2D eigenvalue weighted by Crippen LogP contribution is 2.38. The standard InChI is InChI=1S/C17H22N2S/c1-13(16-8-5-9-20-16)19(2)17(12-18)10-14-6-3-4-7-15(14)11-17/h3-9,13H,10-12,18H2,1-2H3. The Morgan fingerprint density at radius 2 is 1.85 bits per heavy atom. The van der Waals surface area contributed by atoms with E-state index in [4.69, 9.17) is 5.73 Å². The van der Waals surface area contributed by atoms with Gasteiger partial charge < -0.3 is 5.73 Å². The maximum Gasteiger partial charge on any atom is 0.0416 e. The van der Waals surface area contributed by atoms with Crippen molar-refractivity contribution in [2.24, 2.45) is 5.73 Å². The van der Waals surface area contributed by atoms with E-state index in [1.165, 1.54) is 16.0 Å². The molecule has 0 amide bonds. The zero-order chi connectivity index (χ0) is 14.2. The van der Waals surface area contributed by atoms with Crippen molar-refractivity contribution in [3.8, 4) is 0 Å². The Hall–Kier alpha value is -1.16. The molecule has 0 saturated heterocycles. The molecule has 106 valence electrons. The fourth-order valence-electron chi connectivity index (χ4n) is 3.34. The summed E-state index contributed by atoms with van der Waals surface area (Å²) < 4.78 is 0. The van der Waals surface area contributed by atoms with Gasteiger partial charge in [0.1, 0.15) is 0 Å². The van der Waals surface area contributed by atoms with Crippen molar-refractivity contribution in [3.05, 3.63) is 57.8 Å². The summed E-state index contributed by atoms with van der Waals surface area (Å²) in [5, 5.41) is 2.15. The summed E-state index contributed by atoms with van der Waals surface area (Å²) in [7, 11) is 2.23. The van der Waals surface area contributed by atoms with Gasteiger partial charge in [0.2, 0.25) is 0 Å². The normalized spacial score (nSPS) is 18.2. The van der Waals surface area contributed by atoms with E-state index >= 15 is 0 Å². The van der Waals surface area contributed by atoms with Crippen molar-refractivity contribution in [1.29, 1.82) is 0 Å². The summed E-state index contributed by atoms with van der Waals surface area (Å²) in [5.41, 5.74) is 9.19. The van der Waals surface area contributed by atoms with Crippen LogP contribution in [0.5, 0.6) is 0 Å². The molecule has 1 aliphatic carbocycles. The Balaban J connectivity index is 1.88. The lowest BCUT2D eigenvalue weighted by Gasteiger charge is -2.41. The third-order valence-corrected chi connectivity index (χ3v) is 5.86. The molecule has 0 fully saturated rings. The maximum absolute atomic E-state index is 6.20. The Labute approximate surface area is 125 Å². The lowest BCUT2D eigenvalue weighted by molar-refractivity contribution is 0.0943. The number of nitrogens with zero attached hydrogens (tertiary/aromatic N) is 1. The lowest BCUT2D eigenvalue weighted by atomic mass is 9.92. The van der Waals surface area contributed by atoms with Gasteiger partial charge >= 0.3 is 0 Å². The molecule has 1 aliphatic rings. The molecule has 3 heteroatoms. The van der Waals surface area contributed by atoms with Crippen molar-refractivity contribution >= 4 is 11.3 Å². The van der Waals surface area contributed by atoms with E-state index in [9.17, 15) is 0 Å². The summed E-state index contributed by atoms with van der Waals surface area (Å²) >= 11 is 1.83. The average Bonchev–Trinajstić information content (AvgIpc) is 3.13. The third-order valence-electron chi connectivity index (χ3n) is 4.82. The first kappa shape index (κ1) is 13.8. The second-order valence-corrected chi connectivity index (χ2v) is 6.83. The molecule has 1 aromatic carbocycles. The molecule has 0 aliphatic heterocycles. The maximum atomic E-state index is 6.20. The molecule has 20 heavy (non-hydrogen) atoms. The van der Waals surface area contributed by atoms with Crippen molar-refractivity contribution < 1.29 is 0 Å². The molecule has 0 saturated carbocycles. The fourth-order valence-corrected chi connectivity index (χ4v) is 4.17. The SMILES string of the molecule is CC(c1cccs1)N(C)C1(CN)Cc2ccccc2C1. The highest BCUT2D eigenvalue weighted by Gasteiger charge is 2.41. The van der Waals surface area contributed by atoms with Gasteiger partial charge in [0.15, 0.2) is 0 Å². The molecule has 0 spiro atoms. The first-order valence-electron chi connectivity index (χ1n) is 7.19. The second-order valence-electron chi connectivity index (χ2n) is 5.85. The number of nitrogens with two attached hydrogens (primary N) is 1. The minimum atomic E-state index is 0.0626. The predicted molar refractivity (Wildman–Crippen MR) is 86.1 cm³/mol. The minimum absolute atomic E-state index is 0.0626. The molecule has 2 nitrogen and oxygen atoms in total. The molecule has 2 N–H and O–H groups in total. The summed E-state index contributed by atoms with van der Waals surface area (Å²) in [5.74, 6) is 0. The van der Waals surface area contributed by atoms with Crippen LogP contribution >= 0.6 is 11.3 Å². The highest BCUT2D eigenvalue weighted by molar-refractivity contribution is 7.10. The van der Waals surface area contributed by atoms with Gasteiger partial charge in [-0.3, -0.25) is 4.90 Å². The number of benzene rings is 1. The predicted octanol–water partition coefficient (Wildman–Crippen LogP) is 3.24. The molecular weight excluding hydrogens is 264 g/mol. The summed E-state index contributed by atoms with van der Waals surface area (Å²) in [4.78, 5) is 3.90. The van der Waals surface area contributed by atoms with Crippen LogP contribution in [0.15, 0.2) is 41.8 Å². The topological polar surface area (TPSA) is 29.3 Å². The highest BCUT2D eigenvalue weighted by atomic mass is 32.1. The minimum Gasteiger partial charge on any atom is -0.329 e. The molecule has 3 rings (SSSR count). The molecule has 1 atom stereocenters. The third kappa shape index (κ3) is 2.20. The van der Waals surface area contributed by atoms with Gasteiger partial charge in [0.25, 0.3) is 0 Å². The van der Waals surface area contributed by atoms with Crippen LogP contribution in [0.4, 0.5) is 0 Å². The quantitative estimate of drug-likeness (QED) is 0.935. The average molecular weight is 286 g/mol. The van der Waals surface area contributed by atoms with Crippen molar-refractivity contribution in [2.75, 3.05) is 13.6 Å². The summed E-state index contributed by atoms with van der Waals surface area (Å²) in [6.07, 6.45) is 2.12. The molecule has 2 aromatic rings. The van der Waals surface area contributed by atoms with Gasteiger partial charge in [-0.1, -0.05) is 30.3 Å². The monoisotopic (exact) mass is 286 g/mol. The molecule has 0 bridgehead atoms. The fraction of sp³-hybridized carbons (Fsp3) is 0.412. The van der Waals surface area contributed by atoms with Crippen LogP contribution in [0.25, 0.3) is 0 Å². The van der Waals surface area contributed by atoms with Crippen LogP contribution in [0.1, 0.15) is 29.0 Å². The van der Waals surface area contributed by atoms with E-state index in [1.54, 1.807) is 0 Å². The summed E-state index contributed by atoms with van der Waals surface area (Å²) in [6, 6.07) is 13.5. The second kappa shape index (κ2) is 5.32. The van der Waals surface area contributed by atoms with Crippen LogP contribution in [-0.4, -0.2) is 24.0 Å². The number of rotatable bonds is 4. The first-order valence-corrected chi connectivity index (χ1v) is 8.07. The van der Waals surface area contributed by atoms with Gasteiger partial charge in [0.05, 0.1) is 0 Å². The number of hydrogen-bond donors (Lipinski definition) is 1. The zero-order valence-corrected chi connectivity index (χ0v) is 13.0. The van der Waals surface area contributed by atoms with E-state index in [2.05, 4.69) is 60.6 Å². The van der Waals surface area contributed by atoms with E-state index in [-0.39, 0.29) is 5.54 Å². The van der Waals surface area contributed by atoms with Crippen LogP contribution in [-0.2, 0) is 12.8 Å². The van der Waals surface area contributed by atoms with Crippen LogP contribution in [0.2, 0.25) is 0 Å². The molecule has 1 heterocycles. The van der Waals surface area contributed by atoms with E-state index in [0.717, 1.165) is 12.8 Å². The number of thiophene rings is 1. The first-order chi connectivity index (χ1) is 9.66. The van der Waals surface area contributed by atoms with Gasteiger partial charge in [-0.05, 0) is 49.4 Å². The van der Waals surface area contributed by atoms with Gasteiger partial charge in [-0.25, -0.2) is 0 Å².